The Kier molecular flexibility index (Phi) is 7.26. The van der Waals surface area contributed by atoms with Crippen molar-refractivity contribution >= 4 is 29.4 Å². The summed E-state index contributed by atoms with van der Waals surface area (Å²) in [5.74, 6) is -2.08. The fourth-order valence-electron chi connectivity index (χ4n) is 4.16. The number of pyridine rings is 2. The van der Waals surface area contributed by atoms with Crippen molar-refractivity contribution in [2.75, 3.05) is 0 Å². The summed E-state index contributed by atoms with van der Waals surface area (Å²) in [5, 5.41) is 0.0657. The van der Waals surface area contributed by atoms with Crippen molar-refractivity contribution in [2.45, 2.75) is 32.1 Å². The van der Waals surface area contributed by atoms with Crippen LogP contribution >= 0.6 is 11.6 Å². The molecule has 1 aliphatic carbocycles. The normalized spacial score (nSPS) is 17.8. The Balaban J connectivity index is 1.68. The molecular weight excluding hydrogens is 486 g/mol. The Labute approximate surface area is 211 Å². The quantitative estimate of drug-likeness (QED) is 0.436. The van der Waals surface area contributed by atoms with Crippen LogP contribution in [0.1, 0.15) is 57.9 Å². The van der Waals surface area contributed by atoms with Gasteiger partial charge in [-0.25, -0.2) is 8.78 Å². The third-order valence-corrected chi connectivity index (χ3v) is 6.41. The number of aromatic nitrogens is 2. The van der Waals surface area contributed by atoms with Gasteiger partial charge in [0.2, 0.25) is 0 Å². The summed E-state index contributed by atoms with van der Waals surface area (Å²) >= 11 is 6.48. The molecule has 36 heavy (non-hydrogen) atoms. The van der Waals surface area contributed by atoms with E-state index in [9.17, 15) is 18.4 Å². The fraction of sp³-hybridized carbons (Fsp3) is 0.185. The third-order valence-electron chi connectivity index (χ3n) is 6.03. The average Bonchev–Trinajstić information content (AvgIpc) is 3.64. The van der Waals surface area contributed by atoms with E-state index < -0.39 is 23.1 Å². The number of allylic oxidation sites excluding steroid dienone is 2. The van der Waals surface area contributed by atoms with Gasteiger partial charge in [-0.1, -0.05) is 23.7 Å². The van der Waals surface area contributed by atoms with Gasteiger partial charge in [0.1, 0.15) is 16.7 Å². The summed E-state index contributed by atoms with van der Waals surface area (Å²) < 4.78 is 29.9. The molecule has 1 amide bonds. The zero-order valence-electron chi connectivity index (χ0n) is 19.6. The van der Waals surface area contributed by atoms with Gasteiger partial charge in [0, 0.05) is 29.9 Å². The highest BCUT2D eigenvalue weighted by atomic mass is 35.5. The molecule has 3 aromatic rings. The standard InChI is InChI=1S/C27H23ClF2N4O2/c1-3-8-33-23(18-5-4-6-19(25(18)30)26(31)35)7-9-34-15(2)10-22(24(28)27(34)36)21-12-20(21)16-11-17(29)14-32-13-16/h3-11,13-14,20-21H,12H2,1-2H3,(H2,31,35)/b8-3+,9-7+,33-23-. The Bertz CT molecular complexity index is 1490. The van der Waals surface area contributed by atoms with Crippen molar-refractivity contribution in [1.82, 2.24) is 9.55 Å². The van der Waals surface area contributed by atoms with Crippen molar-refractivity contribution in [2.24, 2.45) is 10.7 Å². The van der Waals surface area contributed by atoms with Gasteiger partial charge in [0.15, 0.2) is 0 Å². The number of hydrogen-bond acceptors (Lipinski definition) is 4. The van der Waals surface area contributed by atoms with Crippen LogP contribution in [0.2, 0.25) is 5.02 Å². The van der Waals surface area contributed by atoms with Crippen molar-refractivity contribution in [1.29, 1.82) is 0 Å². The molecule has 0 bridgehead atoms. The van der Waals surface area contributed by atoms with Crippen molar-refractivity contribution < 1.29 is 13.6 Å². The summed E-state index contributed by atoms with van der Waals surface area (Å²) in [5.41, 5.74) is 6.87. The third kappa shape index (κ3) is 5.04. The molecule has 2 heterocycles. The highest BCUT2D eigenvalue weighted by Gasteiger charge is 2.41. The number of rotatable bonds is 7. The average molecular weight is 509 g/mol. The van der Waals surface area contributed by atoms with E-state index in [1.54, 1.807) is 26.1 Å². The molecule has 0 aliphatic heterocycles. The molecular formula is C27H23ClF2N4O2. The number of halogens is 3. The number of hydrogen-bond donors (Lipinski definition) is 1. The van der Waals surface area contributed by atoms with E-state index in [1.807, 2.05) is 6.07 Å². The van der Waals surface area contributed by atoms with Gasteiger partial charge in [-0.2, -0.15) is 0 Å². The monoisotopic (exact) mass is 508 g/mol. The number of nitrogens with zero attached hydrogens (tertiary/aromatic N) is 3. The molecule has 184 valence electrons. The molecule has 1 fully saturated rings. The molecule has 1 saturated carbocycles. The van der Waals surface area contributed by atoms with Crippen LogP contribution in [0.4, 0.5) is 8.78 Å². The van der Waals surface area contributed by atoms with Gasteiger partial charge in [-0.3, -0.25) is 24.1 Å². The smallest absolute Gasteiger partial charge is 0.273 e. The van der Waals surface area contributed by atoms with Crippen LogP contribution in [-0.2, 0) is 0 Å². The maximum Gasteiger partial charge on any atom is 0.273 e. The molecule has 2 aromatic heterocycles. The molecule has 9 heteroatoms. The number of carbonyl (C=O) groups is 1. The molecule has 4 rings (SSSR count). The van der Waals surface area contributed by atoms with Gasteiger partial charge in [-0.05, 0) is 73.6 Å². The minimum atomic E-state index is -0.898. The van der Waals surface area contributed by atoms with Gasteiger partial charge >= 0.3 is 0 Å². The summed E-state index contributed by atoms with van der Waals surface area (Å²) in [4.78, 5) is 32.9. The van der Waals surface area contributed by atoms with Crippen LogP contribution in [0.3, 0.4) is 0 Å². The van der Waals surface area contributed by atoms with Gasteiger partial charge < -0.3 is 5.73 Å². The lowest BCUT2D eigenvalue weighted by Crippen LogP contribution is -2.20. The van der Waals surface area contributed by atoms with Crippen LogP contribution < -0.4 is 11.3 Å². The molecule has 1 aliphatic rings. The predicted molar refractivity (Wildman–Crippen MR) is 136 cm³/mol. The lowest BCUT2D eigenvalue weighted by Gasteiger charge is -2.11. The molecule has 0 spiro atoms. The second-order valence-electron chi connectivity index (χ2n) is 8.46. The largest absolute Gasteiger partial charge is 0.366 e. The zero-order valence-corrected chi connectivity index (χ0v) is 20.3. The molecule has 2 atom stereocenters. The van der Waals surface area contributed by atoms with E-state index in [4.69, 9.17) is 17.3 Å². The maximum atomic E-state index is 14.9. The first-order chi connectivity index (χ1) is 17.2. The van der Waals surface area contributed by atoms with E-state index in [2.05, 4.69) is 9.98 Å². The minimum absolute atomic E-state index is 0.0106. The van der Waals surface area contributed by atoms with Gasteiger partial charge in [-0.15, -0.1) is 0 Å². The summed E-state index contributed by atoms with van der Waals surface area (Å²) in [7, 11) is 0. The highest BCUT2D eigenvalue weighted by Crippen LogP contribution is 2.55. The first kappa shape index (κ1) is 25.2. The molecule has 0 radical (unpaired) electrons. The number of amides is 1. The minimum Gasteiger partial charge on any atom is -0.366 e. The fourth-order valence-corrected chi connectivity index (χ4v) is 4.45. The zero-order chi connectivity index (χ0) is 26.0. The summed E-state index contributed by atoms with van der Waals surface area (Å²) in [6, 6.07) is 7.52. The number of benzene rings is 1. The van der Waals surface area contributed by atoms with E-state index in [0.717, 1.165) is 18.2 Å². The van der Waals surface area contributed by atoms with Crippen LogP contribution in [0.25, 0.3) is 6.20 Å². The molecule has 0 saturated heterocycles. The van der Waals surface area contributed by atoms with E-state index in [0.29, 0.717) is 11.3 Å². The van der Waals surface area contributed by atoms with Crippen molar-refractivity contribution in [3.8, 4) is 0 Å². The predicted octanol–water partition coefficient (Wildman–Crippen LogP) is 5.35. The molecule has 1 aromatic carbocycles. The molecule has 2 unspecified atom stereocenters. The second-order valence-corrected chi connectivity index (χ2v) is 8.84. The van der Waals surface area contributed by atoms with Crippen LogP contribution in [0.15, 0.2) is 70.9 Å². The first-order valence-corrected chi connectivity index (χ1v) is 11.6. The van der Waals surface area contributed by atoms with Gasteiger partial charge in [0.25, 0.3) is 11.5 Å². The lowest BCUT2D eigenvalue weighted by atomic mass is 10.0. The summed E-state index contributed by atoms with van der Waals surface area (Å²) in [6.07, 6.45) is 9.55. The lowest BCUT2D eigenvalue weighted by molar-refractivity contribution is 0.0996. The van der Waals surface area contributed by atoms with Gasteiger partial charge in [0.05, 0.1) is 17.5 Å². The molecule has 2 N–H and O–H groups in total. The topological polar surface area (TPSA) is 90.3 Å². The first-order valence-electron chi connectivity index (χ1n) is 11.2. The van der Waals surface area contributed by atoms with E-state index in [-0.39, 0.29) is 33.7 Å². The summed E-state index contributed by atoms with van der Waals surface area (Å²) in [6.45, 7) is 3.50. The second kappa shape index (κ2) is 10.4. The van der Waals surface area contributed by atoms with Crippen LogP contribution in [-0.4, -0.2) is 21.2 Å². The highest BCUT2D eigenvalue weighted by molar-refractivity contribution is 6.31. The Morgan fingerprint density at radius 1 is 1.22 bits per heavy atom. The molecule has 6 nitrogen and oxygen atoms in total. The van der Waals surface area contributed by atoms with E-state index in [1.165, 1.54) is 47.3 Å². The number of aryl methyl sites for hydroxylation is 1. The van der Waals surface area contributed by atoms with E-state index >= 15 is 0 Å². The SMILES string of the molecule is C/C=C/N=C(/C=C/n1c(C)cc(C2CC2c2cncc(F)c2)c(Cl)c1=O)c1cccc(C(N)=O)c1F. The van der Waals surface area contributed by atoms with Crippen molar-refractivity contribution in [3.63, 3.8) is 0 Å². The number of nitrogens with two attached hydrogens (primary N) is 1. The Hall–Kier alpha value is -3.91. The number of aliphatic imine (C=N–C) groups is 1. The Morgan fingerprint density at radius 2 is 1.97 bits per heavy atom. The van der Waals surface area contributed by atoms with Crippen molar-refractivity contribution in [3.05, 3.63) is 116 Å². The maximum absolute atomic E-state index is 14.9. The number of primary amides is 1. The Morgan fingerprint density at radius 3 is 2.67 bits per heavy atom. The van der Waals surface area contributed by atoms with Crippen LogP contribution in [0.5, 0.6) is 0 Å². The van der Waals surface area contributed by atoms with Crippen LogP contribution in [0, 0.1) is 18.6 Å². The number of carbonyl (C=O) groups excluding carboxylic acids is 1.